The average Bonchev–Trinajstić information content (AvgIpc) is 2.55. The Balaban J connectivity index is 1.86. The second-order valence-corrected chi connectivity index (χ2v) is 4.93. The van der Waals surface area contributed by atoms with Gasteiger partial charge in [0.15, 0.2) is 0 Å². The number of hydrogen-bond acceptors (Lipinski definition) is 3. The van der Waals surface area contributed by atoms with Crippen LogP contribution >= 0.6 is 0 Å². The van der Waals surface area contributed by atoms with Crippen molar-refractivity contribution in [2.24, 2.45) is 0 Å². The molecule has 0 unspecified atom stereocenters. The van der Waals surface area contributed by atoms with Crippen molar-refractivity contribution in [2.75, 3.05) is 6.61 Å². The van der Waals surface area contributed by atoms with Crippen molar-refractivity contribution in [2.45, 2.75) is 26.4 Å². The number of carbonyl (C=O) groups excluding carboxylic acids is 1. The van der Waals surface area contributed by atoms with Crippen LogP contribution in [0.25, 0.3) is 0 Å². The van der Waals surface area contributed by atoms with Crippen molar-refractivity contribution >= 4 is 5.97 Å². The molecule has 22 heavy (non-hydrogen) atoms. The summed E-state index contributed by atoms with van der Waals surface area (Å²) in [7, 11) is 0. The van der Waals surface area contributed by atoms with Crippen molar-refractivity contribution in [3.05, 3.63) is 65.5 Å². The second-order valence-electron chi connectivity index (χ2n) is 4.93. The van der Waals surface area contributed by atoms with Crippen molar-refractivity contribution < 1.29 is 18.7 Å². The smallest absolute Gasteiger partial charge is 0.338 e. The molecule has 116 valence electrons. The van der Waals surface area contributed by atoms with E-state index in [4.69, 9.17) is 9.47 Å². The summed E-state index contributed by atoms with van der Waals surface area (Å²) in [6.07, 6.45) is 1.86. The molecule has 0 aliphatic heterocycles. The Hall–Kier alpha value is -2.36. The van der Waals surface area contributed by atoms with Gasteiger partial charge in [-0.15, -0.1) is 0 Å². The second kappa shape index (κ2) is 8.17. The molecule has 0 fully saturated rings. The van der Waals surface area contributed by atoms with Crippen LogP contribution in [0.2, 0.25) is 0 Å². The maximum atomic E-state index is 12.8. The van der Waals surface area contributed by atoms with E-state index in [0.29, 0.717) is 24.5 Å². The third-order valence-electron chi connectivity index (χ3n) is 3.14. The fourth-order valence-corrected chi connectivity index (χ4v) is 1.83. The molecule has 0 bridgehead atoms. The molecule has 0 saturated heterocycles. The predicted molar refractivity (Wildman–Crippen MR) is 82.4 cm³/mol. The van der Waals surface area contributed by atoms with Crippen molar-refractivity contribution in [3.63, 3.8) is 0 Å². The third-order valence-corrected chi connectivity index (χ3v) is 3.14. The molecule has 0 aliphatic rings. The van der Waals surface area contributed by atoms with Gasteiger partial charge in [-0.2, -0.15) is 0 Å². The Morgan fingerprint density at radius 3 is 2.36 bits per heavy atom. The zero-order valence-corrected chi connectivity index (χ0v) is 12.5. The topological polar surface area (TPSA) is 35.5 Å². The largest absolute Gasteiger partial charge is 0.489 e. The lowest BCUT2D eigenvalue weighted by molar-refractivity contribution is 0.0499. The van der Waals surface area contributed by atoms with Crippen LogP contribution in [0.5, 0.6) is 5.75 Å². The summed E-state index contributed by atoms with van der Waals surface area (Å²) >= 11 is 0. The molecular weight excluding hydrogens is 283 g/mol. The molecule has 3 nitrogen and oxygen atoms in total. The molecule has 0 spiro atoms. The van der Waals surface area contributed by atoms with Gasteiger partial charge in [0.05, 0.1) is 12.2 Å². The molecule has 0 aromatic heterocycles. The molecule has 2 rings (SSSR count). The quantitative estimate of drug-likeness (QED) is 0.563. The van der Waals surface area contributed by atoms with E-state index < -0.39 is 0 Å². The minimum absolute atomic E-state index is 0.269. The summed E-state index contributed by atoms with van der Waals surface area (Å²) < 4.78 is 23.5. The van der Waals surface area contributed by atoms with E-state index in [9.17, 15) is 9.18 Å². The van der Waals surface area contributed by atoms with Gasteiger partial charge in [0.1, 0.15) is 18.2 Å². The number of esters is 1. The molecule has 4 heteroatoms. The first-order valence-electron chi connectivity index (χ1n) is 7.33. The van der Waals surface area contributed by atoms with E-state index in [2.05, 4.69) is 0 Å². The van der Waals surface area contributed by atoms with Crippen LogP contribution in [-0.4, -0.2) is 12.6 Å². The van der Waals surface area contributed by atoms with Gasteiger partial charge in [-0.05, 0) is 48.4 Å². The Kier molecular flexibility index (Phi) is 5.95. The highest BCUT2D eigenvalue weighted by Gasteiger charge is 2.06. The Labute approximate surface area is 129 Å². The molecule has 0 atom stereocenters. The summed E-state index contributed by atoms with van der Waals surface area (Å²) in [6.45, 7) is 2.83. The molecule has 0 saturated carbocycles. The highest BCUT2D eigenvalue weighted by molar-refractivity contribution is 5.89. The van der Waals surface area contributed by atoms with E-state index in [1.165, 1.54) is 12.1 Å². The molecule has 0 amide bonds. The molecule has 2 aromatic rings. The Bertz CT molecular complexity index is 591. The fourth-order valence-electron chi connectivity index (χ4n) is 1.83. The van der Waals surface area contributed by atoms with Gasteiger partial charge in [-0.3, -0.25) is 0 Å². The number of benzene rings is 2. The average molecular weight is 302 g/mol. The number of ether oxygens (including phenoxy) is 2. The molecule has 0 radical (unpaired) electrons. The lowest BCUT2D eigenvalue weighted by atomic mass is 10.2. The van der Waals surface area contributed by atoms with E-state index in [1.54, 1.807) is 36.4 Å². The van der Waals surface area contributed by atoms with Gasteiger partial charge < -0.3 is 9.47 Å². The monoisotopic (exact) mass is 302 g/mol. The van der Waals surface area contributed by atoms with Crippen molar-refractivity contribution in [1.82, 2.24) is 0 Å². The zero-order valence-electron chi connectivity index (χ0n) is 12.5. The van der Waals surface area contributed by atoms with Crippen LogP contribution in [0.15, 0.2) is 48.5 Å². The minimum atomic E-state index is -0.321. The number of halogens is 1. The van der Waals surface area contributed by atoms with Crippen LogP contribution in [0.3, 0.4) is 0 Å². The lowest BCUT2D eigenvalue weighted by Crippen LogP contribution is -2.06. The highest BCUT2D eigenvalue weighted by atomic mass is 19.1. The van der Waals surface area contributed by atoms with Crippen molar-refractivity contribution in [1.29, 1.82) is 0 Å². The lowest BCUT2D eigenvalue weighted by Gasteiger charge is -2.08. The first-order valence-corrected chi connectivity index (χ1v) is 7.33. The SMILES string of the molecule is CCCCOC(=O)c1ccc(OCc2ccc(F)cc2)cc1. The Morgan fingerprint density at radius 2 is 1.73 bits per heavy atom. The minimum Gasteiger partial charge on any atom is -0.489 e. The van der Waals surface area contributed by atoms with Gasteiger partial charge in [-0.25, -0.2) is 9.18 Å². The molecule has 0 N–H and O–H groups in total. The first kappa shape index (κ1) is 16.0. The first-order chi connectivity index (χ1) is 10.7. The predicted octanol–water partition coefficient (Wildman–Crippen LogP) is 4.36. The summed E-state index contributed by atoms with van der Waals surface area (Å²) in [5.74, 6) is 0.0580. The van der Waals surface area contributed by atoms with Crippen LogP contribution in [-0.2, 0) is 11.3 Å². The van der Waals surface area contributed by atoms with Gasteiger partial charge in [0.2, 0.25) is 0 Å². The van der Waals surface area contributed by atoms with E-state index in [0.717, 1.165) is 18.4 Å². The van der Waals surface area contributed by atoms with Crippen LogP contribution < -0.4 is 4.74 Å². The van der Waals surface area contributed by atoms with Crippen LogP contribution in [0, 0.1) is 5.82 Å². The normalized spacial score (nSPS) is 10.3. The summed E-state index contributed by atoms with van der Waals surface area (Å²) in [4.78, 5) is 11.7. The summed E-state index contributed by atoms with van der Waals surface area (Å²) in [5, 5.41) is 0. The fraction of sp³-hybridized carbons (Fsp3) is 0.278. The molecular formula is C18H19FO3. The number of unbranched alkanes of at least 4 members (excludes halogenated alkanes) is 1. The number of hydrogen-bond donors (Lipinski definition) is 0. The van der Waals surface area contributed by atoms with Gasteiger partial charge in [0, 0.05) is 0 Å². The molecule has 2 aromatic carbocycles. The maximum absolute atomic E-state index is 12.8. The third kappa shape index (κ3) is 4.88. The van der Waals surface area contributed by atoms with E-state index in [1.807, 2.05) is 6.92 Å². The maximum Gasteiger partial charge on any atom is 0.338 e. The van der Waals surface area contributed by atoms with Crippen molar-refractivity contribution in [3.8, 4) is 5.75 Å². The van der Waals surface area contributed by atoms with Gasteiger partial charge in [0.25, 0.3) is 0 Å². The summed E-state index contributed by atoms with van der Waals surface area (Å²) in [6, 6.07) is 12.9. The Morgan fingerprint density at radius 1 is 1.05 bits per heavy atom. The summed E-state index contributed by atoms with van der Waals surface area (Å²) in [5.41, 5.74) is 1.38. The van der Waals surface area contributed by atoms with Gasteiger partial charge >= 0.3 is 5.97 Å². The number of carbonyl (C=O) groups is 1. The number of rotatable bonds is 7. The van der Waals surface area contributed by atoms with Crippen LogP contribution in [0.4, 0.5) is 4.39 Å². The standard InChI is InChI=1S/C18H19FO3/c1-2-3-12-21-18(20)15-6-10-17(11-7-15)22-13-14-4-8-16(19)9-5-14/h4-11H,2-3,12-13H2,1H3. The van der Waals surface area contributed by atoms with Crippen LogP contribution in [0.1, 0.15) is 35.7 Å². The molecule has 0 aliphatic carbocycles. The molecule has 0 heterocycles. The van der Waals surface area contributed by atoms with E-state index in [-0.39, 0.29) is 11.8 Å². The zero-order chi connectivity index (χ0) is 15.8. The highest BCUT2D eigenvalue weighted by Crippen LogP contribution is 2.15. The van der Waals surface area contributed by atoms with E-state index >= 15 is 0 Å². The van der Waals surface area contributed by atoms with Gasteiger partial charge in [-0.1, -0.05) is 25.5 Å².